The number of amides is 1. The Kier molecular flexibility index (Phi) is 5.13. The number of aromatic nitrogens is 1. The normalized spacial score (nSPS) is 12.1. The highest BCUT2D eigenvalue weighted by Gasteiger charge is 2.23. The number of carbonyl (C=O) groups excluding carboxylic acids is 1. The van der Waals surface area contributed by atoms with Crippen LogP contribution in [0.25, 0.3) is 10.9 Å². The molecule has 0 fully saturated rings. The fourth-order valence-corrected chi connectivity index (χ4v) is 3.07. The van der Waals surface area contributed by atoms with Crippen LogP contribution in [0.3, 0.4) is 0 Å². The molecular formula is C22H24N2O. The third-order valence-corrected chi connectivity index (χ3v) is 4.65. The highest BCUT2D eigenvalue weighted by Crippen LogP contribution is 2.22. The fraction of sp³-hybridized carbons (Fsp3) is 0.273. The largest absolute Gasteiger partial charge is 0.332 e. The molecule has 0 aliphatic heterocycles. The van der Waals surface area contributed by atoms with E-state index >= 15 is 0 Å². The van der Waals surface area contributed by atoms with E-state index in [2.05, 4.69) is 31.0 Å². The second kappa shape index (κ2) is 7.47. The molecule has 0 aliphatic carbocycles. The summed E-state index contributed by atoms with van der Waals surface area (Å²) in [5.74, 6) is 0.0694. The Morgan fingerprint density at radius 2 is 1.76 bits per heavy atom. The summed E-state index contributed by atoms with van der Waals surface area (Å²) in [5.41, 5.74) is 3.62. The SMILES string of the molecule is CCC(C)N(Cc1ccccc1)C(=O)c1cc(C)nc2ccccc12. The molecule has 0 saturated heterocycles. The van der Waals surface area contributed by atoms with Crippen LogP contribution >= 0.6 is 0 Å². The number of para-hydroxylation sites is 1. The first-order valence-electron chi connectivity index (χ1n) is 8.81. The number of nitrogens with zero attached hydrogens (tertiary/aromatic N) is 2. The smallest absolute Gasteiger partial charge is 0.255 e. The maximum Gasteiger partial charge on any atom is 0.255 e. The minimum atomic E-state index is 0.0694. The number of hydrogen-bond donors (Lipinski definition) is 0. The van der Waals surface area contributed by atoms with Gasteiger partial charge in [0.15, 0.2) is 0 Å². The van der Waals surface area contributed by atoms with Gasteiger partial charge in [-0.1, -0.05) is 55.5 Å². The first-order chi connectivity index (χ1) is 12.1. The van der Waals surface area contributed by atoms with Gasteiger partial charge in [-0.2, -0.15) is 0 Å². The lowest BCUT2D eigenvalue weighted by molar-refractivity contribution is 0.0673. The Bertz CT molecular complexity index is 874. The first-order valence-corrected chi connectivity index (χ1v) is 8.81. The van der Waals surface area contributed by atoms with Crippen molar-refractivity contribution in [3.8, 4) is 0 Å². The molecule has 0 saturated carbocycles. The van der Waals surface area contributed by atoms with Crippen molar-refractivity contribution < 1.29 is 4.79 Å². The van der Waals surface area contributed by atoms with Crippen LogP contribution in [0.2, 0.25) is 0 Å². The van der Waals surface area contributed by atoms with Crippen LogP contribution in [0.15, 0.2) is 60.7 Å². The maximum absolute atomic E-state index is 13.4. The summed E-state index contributed by atoms with van der Waals surface area (Å²) in [6.07, 6.45) is 0.917. The van der Waals surface area contributed by atoms with E-state index in [-0.39, 0.29) is 11.9 Å². The molecule has 1 atom stereocenters. The Labute approximate surface area is 149 Å². The molecule has 0 bridgehead atoms. The maximum atomic E-state index is 13.4. The van der Waals surface area contributed by atoms with Gasteiger partial charge in [-0.15, -0.1) is 0 Å². The van der Waals surface area contributed by atoms with Crippen LogP contribution in [-0.4, -0.2) is 21.8 Å². The van der Waals surface area contributed by atoms with Gasteiger partial charge in [0, 0.05) is 23.7 Å². The summed E-state index contributed by atoms with van der Waals surface area (Å²) in [7, 11) is 0. The molecule has 1 aromatic heterocycles. The minimum Gasteiger partial charge on any atom is -0.332 e. The molecule has 3 aromatic rings. The number of aryl methyl sites for hydroxylation is 1. The average molecular weight is 332 g/mol. The first kappa shape index (κ1) is 17.2. The summed E-state index contributed by atoms with van der Waals surface area (Å²) < 4.78 is 0. The van der Waals surface area contributed by atoms with E-state index < -0.39 is 0 Å². The van der Waals surface area contributed by atoms with Gasteiger partial charge in [-0.3, -0.25) is 9.78 Å². The predicted molar refractivity (Wildman–Crippen MR) is 103 cm³/mol. The number of hydrogen-bond acceptors (Lipinski definition) is 2. The Morgan fingerprint density at radius 1 is 1.08 bits per heavy atom. The standard InChI is InChI=1S/C22H24N2O/c1-4-17(3)24(15-18-10-6-5-7-11-18)22(25)20-14-16(2)23-21-13-9-8-12-19(20)21/h5-14,17H,4,15H2,1-3H3. The zero-order chi connectivity index (χ0) is 17.8. The molecule has 128 valence electrons. The van der Waals surface area contributed by atoms with Gasteiger partial charge in [-0.05, 0) is 38.0 Å². The average Bonchev–Trinajstić information content (AvgIpc) is 2.65. The zero-order valence-corrected chi connectivity index (χ0v) is 15.1. The van der Waals surface area contributed by atoms with Crippen LogP contribution in [0, 0.1) is 6.92 Å². The number of carbonyl (C=O) groups is 1. The highest BCUT2D eigenvalue weighted by molar-refractivity contribution is 6.06. The summed E-state index contributed by atoms with van der Waals surface area (Å²) in [4.78, 5) is 19.9. The van der Waals surface area contributed by atoms with Gasteiger partial charge < -0.3 is 4.90 Å². The molecular weight excluding hydrogens is 308 g/mol. The van der Waals surface area contributed by atoms with E-state index in [0.29, 0.717) is 6.54 Å². The molecule has 3 nitrogen and oxygen atoms in total. The van der Waals surface area contributed by atoms with Gasteiger partial charge in [-0.25, -0.2) is 0 Å². The number of rotatable bonds is 5. The molecule has 0 radical (unpaired) electrons. The topological polar surface area (TPSA) is 33.2 Å². The molecule has 0 spiro atoms. The van der Waals surface area contributed by atoms with Crippen molar-refractivity contribution in [1.82, 2.24) is 9.88 Å². The van der Waals surface area contributed by atoms with E-state index in [9.17, 15) is 4.79 Å². The van der Waals surface area contributed by atoms with E-state index in [4.69, 9.17) is 0 Å². The number of fused-ring (bicyclic) bond motifs is 1. The van der Waals surface area contributed by atoms with Gasteiger partial charge in [0.1, 0.15) is 0 Å². The van der Waals surface area contributed by atoms with Crippen molar-refractivity contribution in [1.29, 1.82) is 0 Å². The Balaban J connectivity index is 2.03. The predicted octanol–water partition coefficient (Wildman–Crippen LogP) is 4.98. The van der Waals surface area contributed by atoms with Crippen molar-refractivity contribution in [3.05, 3.63) is 77.5 Å². The van der Waals surface area contributed by atoms with E-state index in [1.54, 1.807) is 0 Å². The molecule has 3 heteroatoms. The fourth-order valence-electron chi connectivity index (χ4n) is 3.07. The molecule has 2 aromatic carbocycles. The molecule has 3 rings (SSSR count). The summed E-state index contributed by atoms with van der Waals surface area (Å²) in [6.45, 7) is 6.78. The monoisotopic (exact) mass is 332 g/mol. The van der Waals surface area contributed by atoms with Gasteiger partial charge in [0.05, 0.1) is 11.1 Å². The lowest BCUT2D eigenvalue weighted by Gasteiger charge is -2.29. The van der Waals surface area contributed by atoms with Crippen LogP contribution in [-0.2, 0) is 6.54 Å². The zero-order valence-electron chi connectivity index (χ0n) is 15.1. The van der Waals surface area contributed by atoms with Crippen molar-refractivity contribution in [2.24, 2.45) is 0 Å². The Hall–Kier alpha value is -2.68. The van der Waals surface area contributed by atoms with Crippen molar-refractivity contribution in [2.75, 3.05) is 0 Å². The second-order valence-electron chi connectivity index (χ2n) is 6.50. The molecule has 1 heterocycles. The highest BCUT2D eigenvalue weighted by atomic mass is 16.2. The Morgan fingerprint density at radius 3 is 2.48 bits per heavy atom. The van der Waals surface area contributed by atoms with Crippen molar-refractivity contribution in [3.63, 3.8) is 0 Å². The van der Waals surface area contributed by atoms with Crippen LogP contribution in [0.1, 0.15) is 41.9 Å². The molecule has 25 heavy (non-hydrogen) atoms. The van der Waals surface area contributed by atoms with Crippen molar-refractivity contribution in [2.45, 2.75) is 39.8 Å². The third kappa shape index (κ3) is 3.71. The van der Waals surface area contributed by atoms with Gasteiger partial charge in [0.2, 0.25) is 0 Å². The lowest BCUT2D eigenvalue weighted by atomic mass is 10.0. The lowest BCUT2D eigenvalue weighted by Crippen LogP contribution is -2.38. The quantitative estimate of drug-likeness (QED) is 0.660. The molecule has 0 N–H and O–H groups in total. The summed E-state index contributed by atoms with van der Waals surface area (Å²) >= 11 is 0. The third-order valence-electron chi connectivity index (χ3n) is 4.65. The van der Waals surface area contributed by atoms with Crippen LogP contribution in [0.4, 0.5) is 0 Å². The van der Waals surface area contributed by atoms with Crippen LogP contribution in [0.5, 0.6) is 0 Å². The van der Waals surface area contributed by atoms with Gasteiger partial charge in [0.25, 0.3) is 5.91 Å². The molecule has 1 unspecified atom stereocenters. The second-order valence-corrected chi connectivity index (χ2v) is 6.50. The van der Waals surface area contributed by atoms with E-state index in [1.807, 2.05) is 60.4 Å². The molecule has 1 amide bonds. The minimum absolute atomic E-state index is 0.0694. The van der Waals surface area contributed by atoms with Crippen molar-refractivity contribution >= 4 is 16.8 Å². The number of benzene rings is 2. The van der Waals surface area contributed by atoms with Crippen LogP contribution < -0.4 is 0 Å². The van der Waals surface area contributed by atoms with E-state index in [0.717, 1.165) is 34.1 Å². The van der Waals surface area contributed by atoms with Gasteiger partial charge >= 0.3 is 0 Å². The number of pyridine rings is 1. The molecule has 0 aliphatic rings. The summed E-state index contributed by atoms with van der Waals surface area (Å²) in [6, 6.07) is 20.1. The van der Waals surface area contributed by atoms with E-state index in [1.165, 1.54) is 0 Å². The summed E-state index contributed by atoms with van der Waals surface area (Å²) in [5, 5.41) is 0.916.